The third-order valence-corrected chi connectivity index (χ3v) is 6.89. The van der Waals surface area contributed by atoms with Gasteiger partial charge in [0.1, 0.15) is 11.5 Å². The quantitative estimate of drug-likeness (QED) is 0.188. The van der Waals surface area contributed by atoms with Gasteiger partial charge < -0.3 is 10.2 Å². The fourth-order valence-corrected chi connectivity index (χ4v) is 4.78. The summed E-state index contributed by atoms with van der Waals surface area (Å²) in [5.74, 6) is -0.368. The van der Waals surface area contributed by atoms with Crippen LogP contribution < -0.4 is 10.9 Å². The third kappa shape index (κ3) is 8.21. The number of rotatable bonds is 10. The first-order valence-electron chi connectivity index (χ1n) is 9.30. The van der Waals surface area contributed by atoms with Crippen molar-refractivity contribution >= 4 is 59.1 Å². The number of phenolic OH excluding ortho intramolecular Hbond substituents is 2. The lowest BCUT2D eigenvalue weighted by molar-refractivity contribution is -0.119. The van der Waals surface area contributed by atoms with Crippen LogP contribution in [-0.2, 0) is 9.59 Å². The number of aromatic nitrogens is 2. The number of aromatic hydroxyl groups is 2. The predicted molar refractivity (Wildman–Crippen MR) is 129 cm³/mol. The van der Waals surface area contributed by atoms with Crippen LogP contribution in [-0.4, -0.2) is 56.2 Å². The van der Waals surface area contributed by atoms with Crippen LogP contribution in [0, 0.1) is 0 Å². The van der Waals surface area contributed by atoms with Gasteiger partial charge in [-0.2, -0.15) is 10.2 Å². The lowest BCUT2D eigenvalue weighted by atomic mass is 10.2. The van der Waals surface area contributed by atoms with E-state index in [4.69, 9.17) is 0 Å². The lowest BCUT2D eigenvalue weighted by Gasteiger charge is -1.99. The summed E-state index contributed by atoms with van der Waals surface area (Å²) >= 11 is 3.65. The molecule has 0 aliphatic heterocycles. The molecule has 10 nitrogen and oxygen atoms in total. The van der Waals surface area contributed by atoms with Crippen molar-refractivity contribution in [2.45, 2.75) is 8.68 Å². The average Bonchev–Trinajstić information content (AvgIpc) is 3.27. The molecule has 2 aromatic carbocycles. The van der Waals surface area contributed by atoms with Crippen molar-refractivity contribution in [3.8, 4) is 11.5 Å². The van der Waals surface area contributed by atoms with Gasteiger partial charge in [-0.1, -0.05) is 59.1 Å². The predicted octanol–water partition coefficient (Wildman–Crippen LogP) is 2.43. The molecule has 1 heterocycles. The highest BCUT2D eigenvalue weighted by Crippen LogP contribution is 2.28. The maximum absolute atomic E-state index is 11.9. The molecule has 0 aliphatic carbocycles. The number of thioether (sulfide) groups is 2. The van der Waals surface area contributed by atoms with Gasteiger partial charge in [0.2, 0.25) is 0 Å². The van der Waals surface area contributed by atoms with E-state index in [1.165, 1.54) is 59.4 Å². The SMILES string of the molecule is O=C(CSc1nnc(SCC(=O)N/N=C/c2ccccc2O)s1)N/N=C/c1ccccc1O. The summed E-state index contributed by atoms with van der Waals surface area (Å²) in [5.41, 5.74) is 5.74. The Bertz CT molecular complexity index is 1080. The number of nitrogens with one attached hydrogen (secondary N) is 2. The van der Waals surface area contributed by atoms with Crippen LogP contribution in [0.25, 0.3) is 0 Å². The average molecular weight is 503 g/mol. The monoisotopic (exact) mass is 502 g/mol. The molecule has 0 unspecified atom stereocenters. The van der Waals surface area contributed by atoms with Crippen molar-refractivity contribution < 1.29 is 19.8 Å². The van der Waals surface area contributed by atoms with E-state index in [1.807, 2.05) is 0 Å². The summed E-state index contributed by atoms with van der Waals surface area (Å²) in [6.07, 6.45) is 2.71. The normalized spacial score (nSPS) is 11.2. The Morgan fingerprint density at radius 2 is 1.24 bits per heavy atom. The first-order chi connectivity index (χ1) is 16.0. The summed E-state index contributed by atoms with van der Waals surface area (Å²) in [6.45, 7) is 0. The molecule has 4 N–H and O–H groups in total. The van der Waals surface area contributed by atoms with E-state index < -0.39 is 0 Å². The second-order valence-electron chi connectivity index (χ2n) is 6.12. The van der Waals surface area contributed by atoms with Crippen LogP contribution in [0.15, 0.2) is 67.4 Å². The highest BCUT2D eigenvalue weighted by molar-refractivity contribution is 8.03. The number of benzene rings is 2. The number of phenols is 2. The molecule has 13 heteroatoms. The minimum atomic E-state index is -0.335. The third-order valence-electron chi connectivity index (χ3n) is 3.70. The summed E-state index contributed by atoms with van der Waals surface area (Å²) in [7, 11) is 0. The minimum absolute atomic E-state index is 0.0692. The van der Waals surface area contributed by atoms with Crippen LogP contribution in [0.5, 0.6) is 11.5 Å². The van der Waals surface area contributed by atoms with Gasteiger partial charge in [0.25, 0.3) is 11.8 Å². The Hall–Kier alpha value is -3.42. The van der Waals surface area contributed by atoms with Crippen molar-refractivity contribution in [3.63, 3.8) is 0 Å². The van der Waals surface area contributed by atoms with Gasteiger partial charge in [-0.3, -0.25) is 9.59 Å². The first kappa shape index (κ1) is 24.2. The molecule has 0 saturated heterocycles. The zero-order valence-corrected chi connectivity index (χ0v) is 19.4. The van der Waals surface area contributed by atoms with E-state index >= 15 is 0 Å². The maximum atomic E-state index is 11.9. The number of amides is 2. The summed E-state index contributed by atoms with van der Waals surface area (Å²) in [6, 6.07) is 13.3. The number of para-hydroxylation sites is 2. The van der Waals surface area contributed by atoms with Crippen molar-refractivity contribution in [1.82, 2.24) is 21.0 Å². The van der Waals surface area contributed by atoms with Crippen molar-refractivity contribution in [2.75, 3.05) is 11.5 Å². The molecule has 0 saturated carbocycles. The number of nitrogens with zero attached hydrogens (tertiary/aromatic N) is 4. The Kier molecular flexibility index (Phi) is 9.23. The van der Waals surface area contributed by atoms with Crippen LogP contribution in [0.1, 0.15) is 11.1 Å². The molecule has 1 aromatic heterocycles. The largest absolute Gasteiger partial charge is 0.507 e. The molecule has 2 amide bonds. The second kappa shape index (κ2) is 12.6. The number of hydrogen-bond donors (Lipinski definition) is 4. The molecule has 0 fully saturated rings. The standard InChI is InChI=1S/C20H18N6O4S3/c27-15-7-3-1-5-13(15)9-21-23-17(29)11-31-19-25-26-20(33-19)32-12-18(30)24-22-10-14-6-2-4-8-16(14)28/h1-10,27-28H,11-12H2,(H,23,29)(H,24,30)/b21-9+,22-10+. The summed E-state index contributed by atoms with van der Waals surface area (Å²) in [4.78, 5) is 23.8. The maximum Gasteiger partial charge on any atom is 0.250 e. The Morgan fingerprint density at radius 1 is 0.818 bits per heavy atom. The van der Waals surface area contributed by atoms with Gasteiger partial charge in [0, 0.05) is 11.1 Å². The Morgan fingerprint density at radius 3 is 1.67 bits per heavy atom. The smallest absolute Gasteiger partial charge is 0.250 e. The molecule has 170 valence electrons. The van der Waals surface area contributed by atoms with Crippen molar-refractivity contribution in [2.24, 2.45) is 10.2 Å². The zero-order valence-electron chi connectivity index (χ0n) is 16.9. The number of hydrogen-bond acceptors (Lipinski definition) is 11. The molecule has 0 bridgehead atoms. The van der Waals surface area contributed by atoms with Gasteiger partial charge in [0.05, 0.1) is 23.9 Å². The van der Waals surface area contributed by atoms with Crippen molar-refractivity contribution in [3.05, 3.63) is 59.7 Å². The lowest BCUT2D eigenvalue weighted by Crippen LogP contribution is -2.19. The molecule has 0 atom stereocenters. The van der Waals surface area contributed by atoms with E-state index in [1.54, 1.807) is 36.4 Å². The fourth-order valence-electron chi connectivity index (χ4n) is 2.17. The van der Waals surface area contributed by atoms with Crippen LogP contribution in [0.4, 0.5) is 0 Å². The van der Waals surface area contributed by atoms with Crippen LogP contribution >= 0.6 is 34.9 Å². The van der Waals surface area contributed by atoms with Gasteiger partial charge in [0.15, 0.2) is 8.68 Å². The molecular weight excluding hydrogens is 484 g/mol. The second-order valence-corrected chi connectivity index (χ2v) is 9.54. The molecule has 0 aliphatic rings. The Balaban J connectivity index is 1.36. The molecule has 33 heavy (non-hydrogen) atoms. The Labute approximate surface area is 201 Å². The van der Waals surface area contributed by atoms with E-state index in [0.29, 0.717) is 19.8 Å². The van der Waals surface area contributed by atoms with Gasteiger partial charge in [-0.25, -0.2) is 10.9 Å². The molecule has 0 spiro atoms. The van der Waals surface area contributed by atoms with Gasteiger partial charge >= 0.3 is 0 Å². The van der Waals surface area contributed by atoms with Crippen LogP contribution in [0.3, 0.4) is 0 Å². The van der Waals surface area contributed by atoms with Gasteiger partial charge in [-0.15, -0.1) is 10.2 Å². The fraction of sp³-hybridized carbons (Fsp3) is 0.100. The summed E-state index contributed by atoms with van der Waals surface area (Å²) < 4.78 is 1.16. The van der Waals surface area contributed by atoms with E-state index in [2.05, 4.69) is 31.3 Å². The minimum Gasteiger partial charge on any atom is -0.507 e. The summed E-state index contributed by atoms with van der Waals surface area (Å²) in [5, 5.41) is 34.9. The van der Waals surface area contributed by atoms with E-state index in [9.17, 15) is 19.8 Å². The molecular formula is C20H18N6O4S3. The highest BCUT2D eigenvalue weighted by Gasteiger charge is 2.10. The molecule has 3 rings (SSSR count). The molecule has 0 radical (unpaired) electrons. The topological polar surface area (TPSA) is 149 Å². The highest BCUT2D eigenvalue weighted by atomic mass is 32.2. The van der Waals surface area contributed by atoms with E-state index in [0.717, 1.165) is 0 Å². The molecule has 3 aromatic rings. The number of hydrazone groups is 2. The van der Waals surface area contributed by atoms with E-state index in [-0.39, 0.29) is 34.8 Å². The first-order valence-corrected chi connectivity index (χ1v) is 12.1. The number of carbonyl (C=O) groups is 2. The van der Waals surface area contributed by atoms with Gasteiger partial charge in [-0.05, 0) is 24.3 Å². The zero-order chi connectivity index (χ0) is 23.5. The number of carbonyl (C=O) groups excluding carboxylic acids is 2. The van der Waals surface area contributed by atoms with Crippen molar-refractivity contribution in [1.29, 1.82) is 0 Å². The van der Waals surface area contributed by atoms with Crippen LogP contribution in [0.2, 0.25) is 0 Å².